The quantitative estimate of drug-likeness (QED) is 0.195. The molecule has 0 fully saturated rings. The standard InChI is InChI=1S/C7H9N4S.Fe.H2O4S/c8-7(12)11-10-5-6-3-1-2-4-9-6;;1-5(2,3)4/h1-5,9H,(H3,8,11,12);;(H2,1,2,3,4)/q-1;+2;. The molecule has 11 heteroatoms. The first kappa shape index (κ1) is 16.9. The summed E-state index contributed by atoms with van der Waals surface area (Å²) in [4.78, 5) is 0. The van der Waals surface area contributed by atoms with Gasteiger partial charge in [0, 0.05) is 0 Å². The molecule has 0 spiro atoms. The Balaban J connectivity index is 0.000000494. The largest absolute Gasteiger partial charge is 0.394 e. The molecule has 0 atom stereocenters. The Morgan fingerprint density at radius 1 is 1.56 bits per heavy atom. The predicted molar refractivity (Wildman–Crippen MR) is 63.9 cm³/mol. The number of hydrogen-bond donors (Lipinski definition) is 5. The molecule has 1 aliphatic heterocycles. The number of nitrogens with one attached hydrogen (secondary N) is 2. The second-order valence-electron chi connectivity index (χ2n) is 2.67. The van der Waals surface area contributed by atoms with E-state index in [4.69, 9.17) is 23.3 Å². The first-order chi connectivity index (χ1) is 8.18. The Labute approximate surface area is 117 Å². The van der Waals surface area contributed by atoms with Gasteiger partial charge >= 0.3 is 100 Å². The molecule has 0 saturated carbocycles. The molecule has 0 unspecified atom stereocenters. The molecule has 102 valence electrons. The SMILES string of the molecule is NC(=S)N[N+](=[Fe])C=C1C=CC=CN1.O=S(=O)(O)O. The maximum Gasteiger partial charge on any atom is 0.394 e. The molecule has 0 radical (unpaired) electrons. The van der Waals surface area contributed by atoms with Crippen molar-refractivity contribution < 1.29 is 37.0 Å². The van der Waals surface area contributed by atoms with Crippen LogP contribution in [0, 0.1) is 0 Å². The number of hydrazine groups is 1. The third kappa shape index (κ3) is 13.0. The van der Waals surface area contributed by atoms with E-state index in [1.807, 2.05) is 24.4 Å². The van der Waals surface area contributed by atoms with Gasteiger partial charge in [-0.2, -0.15) is 8.42 Å². The van der Waals surface area contributed by atoms with Crippen molar-refractivity contribution in [3.63, 3.8) is 0 Å². The van der Waals surface area contributed by atoms with Gasteiger partial charge in [0.1, 0.15) is 0 Å². The van der Waals surface area contributed by atoms with Gasteiger partial charge in [0.05, 0.1) is 0 Å². The topological polar surface area (TPSA) is 128 Å². The zero-order valence-electron chi connectivity index (χ0n) is 8.79. The van der Waals surface area contributed by atoms with Crippen LogP contribution in [0.5, 0.6) is 0 Å². The van der Waals surface area contributed by atoms with Gasteiger partial charge in [-0.05, 0) is 0 Å². The zero-order chi connectivity index (χ0) is 14.2. The van der Waals surface area contributed by atoms with Gasteiger partial charge in [-0.3, -0.25) is 9.11 Å². The van der Waals surface area contributed by atoms with Crippen LogP contribution in [-0.2, 0) is 26.2 Å². The molecule has 0 aliphatic carbocycles. The number of nitrogens with two attached hydrogens (primary N) is 1. The summed E-state index contributed by atoms with van der Waals surface area (Å²) in [6.07, 6.45) is 9.27. The molecule has 0 amide bonds. The molecule has 18 heavy (non-hydrogen) atoms. The van der Waals surface area contributed by atoms with Crippen molar-refractivity contribution in [2.75, 3.05) is 0 Å². The van der Waals surface area contributed by atoms with E-state index in [1.54, 1.807) is 6.20 Å². The summed E-state index contributed by atoms with van der Waals surface area (Å²) in [5.74, 6) is 0. The average Bonchev–Trinajstić information content (AvgIpc) is 2.14. The number of thiocarbonyl (C=S) groups is 1. The third-order valence-corrected chi connectivity index (χ3v) is 1.55. The van der Waals surface area contributed by atoms with Crippen molar-refractivity contribution in [1.29, 1.82) is 0 Å². The van der Waals surface area contributed by atoms with E-state index in [0.717, 1.165) is 5.70 Å². The summed E-state index contributed by atoms with van der Waals surface area (Å²) in [6, 6.07) is 0. The maximum absolute atomic E-state index is 8.74. The summed E-state index contributed by atoms with van der Waals surface area (Å²) < 4.78 is 33.0. The van der Waals surface area contributed by atoms with Crippen LogP contribution >= 0.6 is 12.2 Å². The Hall–Kier alpha value is -1.10. The fraction of sp³-hybridized carbons (Fsp3) is 0. The Kier molecular flexibility index (Phi) is 7.59. The first-order valence-electron chi connectivity index (χ1n) is 4.20. The van der Waals surface area contributed by atoms with Crippen LogP contribution in [0.3, 0.4) is 0 Å². The fourth-order valence-electron chi connectivity index (χ4n) is 0.741. The minimum atomic E-state index is -4.67. The van der Waals surface area contributed by atoms with Crippen LogP contribution in [0.2, 0.25) is 0 Å². The smallest absolute Gasteiger partial charge is 0.264 e. The number of nitrogens with zero attached hydrogens (tertiary/aromatic N) is 1. The molecule has 0 aromatic rings. The first-order valence-corrected chi connectivity index (χ1v) is 6.50. The van der Waals surface area contributed by atoms with Gasteiger partial charge in [0.2, 0.25) is 0 Å². The van der Waals surface area contributed by atoms with Crippen LogP contribution in [-0.4, -0.2) is 26.3 Å². The Morgan fingerprint density at radius 3 is 2.50 bits per heavy atom. The van der Waals surface area contributed by atoms with Crippen molar-refractivity contribution in [3.05, 3.63) is 36.3 Å². The molecule has 8 nitrogen and oxygen atoms in total. The maximum atomic E-state index is 8.74. The molecule has 0 aromatic carbocycles. The molecule has 6 N–H and O–H groups in total. The fourth-order valence-corrected chi connectivity index (χ4v) is 1.20. The van der Waals surface area contributed by atoms with E-state index in [1.165, 1.54) is 3.65 Å². The van der Waals surface area contributed by atoms with E-state index >= 15 is 0 Å². The Morgan fingerprint density at radius 2 is 2.11 bits per heavy atom. The molecule has 1 aliphatic rings. The summed E-state index contributed by atoms with van der Waals surface area (Å²) in [6.45, 7) is 0. The van der Waals surface area contributed by atoms with E-state index < -0.39 is 10.4 Å². The summed E-state index contributed by atoms with van der Waals surface area (Å²) in [5.41, 5.74) is 8.81. The molecule has 0 aromatic heterocycles. The summed E-state index contributed by atoms with van der Waals surface area (Å²) in [7, 11) is -4.67. The number of hydrogen-bond acceptors (Lipinski definition) is 4. The van der Waals surface area contributed by atoms with E-state index in [0.29, 0.717) is 0 Å². The minimum absolute atomic E-state index is 0.183. The molecular weight excluding hydrogens is 324 g/mol. The van der Waals surface area contributed by atoms with Crippen molar-refractivity contribution >= 4 is 27.7 Å². The van der Waals surface area contributed by atoms with Gasteiger partial charge < -0.3 is 0 Å². The second-order valence-corrected chi connectivity index (χ2v) is 4.54. The van der Waals surface area contributed by atoms with E-state index in [-0.39, 0.29) is 5.11 Å². The van der Waals surface area contributed by atoms with Crippen LogP contribution in [0.4, 0.5) is 0 Å². The van der Waals surface area contributed by atoms with Gasteiger partial charge in [-0.25, -0.2) is 0 Å². The monoisotopic (exact) mass is 335 g/mol. The van der Waals surface area contributed by atoms with E-state index in [9.17, 15) is 0 Å². The van der Waals surface area contributed by atoms with Crippen molar-refractivity contribution in [3.8, 4) is 0 Å². The number of rotatable bonds is 2. The van der Waals surface area contributed by atoms with Gasteiger partial charge in [0.15, 0.2) is 0 Å². The molecule has 1 heterocycles. The van der Waals surface area contributed by atoms with Crippen LogP contribution in [0.25, 0.3) is 0 Å². The van der Waals surface area contributed by atoms with E-state index in [2.05, 4.69) is 38.8 Å². The Bertz CT molecular complexity index is 504. The summed E-state index contributed by atoms with van der Waals surface area (Å²) in [5, 5.41) is 3.19. The minimum Gasteiger partial charge on any atom is -0.264 e. The van der Waals surface area contributed by atoms with Gasteiger partial charge in [-0.15, -0.1) is 0 Å². The second kappa shape index (κ2) is 8.08. The molecule has 1 rings (SSSR count). The molecule has 0 bridgehead atoms. The predicted octanol–water partition coefficient (Wildman–Crippen LogP) is -0.661. The number of dihydropyridines is 1. The van der Waals surface area contributed by atoms with Crippen LogP contribution < -0.4 is 16.5 Å². The third-order valence-electron chi connectivity index (χ3n) is 1.20. The molecule has 0 saturated heterocycles. The normalized spacial score (nSPS) is 15.4. The summed E-state index contributed by atoms with van der Waals surface area (Å²) >= 11 is 8.30. The van der Waals surface area contributed by atoms with Crippen molar-refractivity contribution in [2.45, 2.75) is 0 Å². The van der Waals surface area contributed by atoms with Crippen molar-refractivity contribution in [2.24, 2.45) is 5.73 Å². The van der Waals surface area contributed by atoms with Gasteiger partial charge in [0.25, 0.3) is 0 Å². The molecular formula is C7H11FeN4O4S2+. The van der Waals surface area contributed by atoms with Gasteiger partial charge in [-0.1, -0.05) is 0 Å². The van der Waals surface area contributed by atoms with Crippen LogP contribution in [0.15, 0.2) is 36.3 Å². The number of allylic oxidation sites excluding steroid dienone is 3. The van der Waals surface area contributed by atoms with Crippen molar-refractivity contribution in [1.82, 2.24) is 10.7 Å². The average molecular weight is 335 g/mol. The van der Waals surface area contributed by atoms with Crippen LogP contribution in [0.1, 0.15) is 0 Å². The zero-order valence-corrected chi connectivity index (χ0v) is 11.5.